The normalized spacial score (nSPS) is 15.2. The summed E-state index contributed by atoms with van der Waals surface area (Å²) in [6, 6.07) is 14.0. The van der Waals surface area contributed by atoms with Crippen LogP contribution in [0.2, 0.25) is 0 Å². The number of carbonyl (C=O) groups is 2. The van der Waals surface area contributed by atoms with E-state index in [-0.39, 0.29) is 36.0 Å². The van der Waals surface area contributed by atoms with Gasteiger partial charge in [0.15, 0.2) is 0 Å². The fourth-order valence-corrected chi connectivity index (χ4v) is 4.83. The van der Waals surface area contributed by atoms with Crippen LogP contribution in [0.5, 0.6) is 0 Å². The van der Waals surface area contributed by atoms with E-state index in [4.69, 9.17) is 0 Å². The van der Waals surface area contributed by atoms with Crippen molar-refractivity contribution in [3.05, 3.63) is 71.0 Å². The molecule has 1 saturated carbocycles. The molecule has 1 N–H and O–H groups in total. The van der Waals surface area contributed by atoms with Gasteiger partial charge in [-0.15, -0.1) is 11.8 Å². The van der Waals surface area contributed by atoms with Crippen LogP contribution < -0.4 is 5.32 Å². The Morgan fingerprint density at radius 2 is 1.66 bits per heavy atom. The number of benzene rings is 2. The van der Waals surface area contributed by atoms with E-state index in [2.05, 4.69) is 29.6 Å². The Morgan fingerprint density at radius 3 is 2.31 bits per heavy atom. The molecule has 0 heterocycles. The zero-order chi connectivity index (χ0) is 22.9. The molecular weight excluding hydrogens is 423 g/mol. The number of hydrogen-bond acceptors (Lipinski definition) is 3. The predicted octanol–water partition coefficient (Wildman–Crippen LogP) is 5.23. The lowest BCUT2D eigenvalue weighted by molar-refractivity contribution is -0.139. The average molecular weight is 457 g/mol. The summed E-state index contributed by atoms with van der Waals surface area (Å²) in [5, 5.41) is 3.14. The third-order valence-corrected chi connectivity index (χ3v) is 6.99. The first-order chi connectivity index (χ1) is 15.4. The van der Waals surface area contributed by atoms with Crippen LogP contribution in [0.4, 0.5) is 4.39 Å². The smallest absolute Gasteiger partial charge is 0.242 e. The number of carbonyl (C=O) groups excluding carboxylic acids is 2. The topological polar surface area (TPSA) is 49.4 Å². The van der Waals surface area contributed by atoms with E-state index in [1.807, 2.05) is 6.92 Å². The van der Waals surface area contributed by atoms with Crippen LogP contribution in [0.3, 0.4) is 0 Å². The molecule has 0 aliphatic heterocycles. The van der Waals surface area contributed by atoms with Crippen LogP contribution in [-0.4, -0.2) is 34.6 Å². The van der Waals surface area contributed by atoms with E-state index in [0.717, 1.165) is 37.0 Å². The molecule has 172 valence electrons. The third kappa shape index (κ3) is 7.37. The number of nitrogens with one attached hydrogen (secondary N) is 1. The van der Waals surface area contributed by atoms with Gasteiger partial charge < -0.3 is 10.2 Å². The van der Waals surface area contributed by atoms with Gasteiger partial charge in [0.25, 0.3) is 0 Å². The second-order valence-electron chi connectivity index (χ2n) is 8.65. The van der Waals surface area contributed by atoms with Crippen molar-refractivity contribution in [2.75, 3.05) is 5.75 Å². The molecule has 3 rings (SSSR count). The fourth-order valence-electron chi connectivity index (χ4n) is 3.96. The van der Waals surface area contributed by atoms with E-state index in [9.17, 15) is 14.0 Å². The highest BCUT2D eigenvalue weighted by Gasteiger charge is 2.28. The van der Waals surface area contributed by atoms with Crippen LogP contribution in [0.15, 0.2) is 48.5 Å². The third-order valence-electron chi connectivity index (χ3n) is 6.00. The van der Waals surface area contributed by atoms with Crippen molar-refractivity contribution < 1.29 is 14.0 Å². The fraction of sp³-hybridized carbons (Fsp3) is 0.462. The first kappa shape index (κ1) is 24.3. The predicted molar refractivity (Wildman–Crippen MR) is 129 cm³/mol. The minimum atomic E-state index is -0.588. The van der Waals surface area contributed by atoms with E-state index in [1.165, 1.54) is 29.7 Å². The van der Waals surface area contributed by atoms with Gasteiger partial charge in [-0.25, -0.2) is 4.39 Å². The molecule has 1 aliphatic rings. The van der Waals surface area contributed by atoms with Gasteiger partial charge in [0.05, 0.1) is 5.75 Å². The Balaban J connectivity index is 1.64. The average Bonchev–Trinajstić information content (AvgIpc) is 2.80. The molecule has 0 spiro atoms. The first-order valence-electron chi connectivity index (χ1n) is 11.4. The van der Waals surface area contributed by atoms with Crippen LogP contribution >= 0.6 is 11.8 Å². The van der Waals surface area contributed by atoms with Crippen LogP contribution in [0.1, 0.15) is 55.7 Å². The monoisotopic (exact) mass is 456 g/mol. The Bertz CT molecular complexity index is 880. The molecular formula is C26H33FN2O2S. The molecule has 0 saturated heterocycles. The summed E-state index contributed by atoms with van der Waals surface area (Å²) in [6.45, 7) is 4.11. The number of nitrogens with zero attached hydrogens (tertiary/aromatic N) is 1. The Morgan fingerprint density at radius 1 is 1.03 bits per heavy atom. The van der Waals surface area contributed by atoms with E-state index in [1.54, 1.807) is 35.7 Å². The molecule has 0 bridgehead atoms. The second kappa shape index (κ2) is 12.0. The van der Waals surface area contributed by atoms with Crippen molar-refractivity contribution in [1.82, 2.24) is 10.2 Å². The summed E-state index contributed by atoms with van der Waals surface area (Å²) in [6.07, 6.45) is 5.48. The van der Waals surface area contributed by atoms with Gasteiger partial charge in [-0.05, 0) is 49.9 Å². The largest absolute Gasteiger partial charge is 0.352 e. The molecule has 32 heavy (non-hydrogen) atoms. The highest BCUT2D eigenvalue weighted by atomic mass is 32.2. The number of rotatable bonds is 9. The number of hydrogen-bond donors (Lipinski definition) is 1. The maximum atomic E-state index is 13.3. The lowest BCUT2D eigenvalue weighted by atomic mass is 9.95. The molecule has 6 heteroatoms. The molecule has 1 aliphatic carbocycles. The zero-order valence-corrected chi connectivity index (χ0v) is 19.8. The Hall–Kier alpha value is -2.34. The van der Waals surface area contributed by atoms with Crippen molar-refractivity contribution in [2.45, 2.75) is 70.3 Å². The molecule has 0 unspecified atom stereocenters. The van der Waals surface area contributed by atoms with Crippen LogP contribution in [0, 0.1) is 12.7 Å². The molecule has 0 aromatic heterocycles. The molecule has 4 nitrogen and oxygen atoms in total. The number of aryl methyl sites for hydroxylation is 1. The highest BCUT2D eigenvalue weighted by Crippen LogP contribution is 2.19. The van der Waals surface area contributed by atoms with Gasteiger partial charge in [0.1, 0.15) is 11.9 Å². The summed E-state index contributed by atoms with van der Waals surface area (Å²) in [5.41, 5.74) is 3.18. The summed E-state index contributed by atoms with van der Waals surface area (Å²) < 4.78 is 13.3. The van der Waals surface area contributed by atoms with Crippen LogP contribution in [0.25, 0.3) is 0 Å². The lowest BCUT2D eigenvalue weighted by Gasteiger charge is -2.31. The van der Waals surface area contributed by atoms with Gasteiger partial charge in [0.2, 0.25) is 11.8 Å². The standard InChI is InChI=1S/C26H33FN2O2S/c1-19-8-10-22(11-9-19)17-32-18-25(30)29(16-21-12-14-23(27)15-13-21)20(2)26(31)28-24-6-4-3-5-7-24/h8-15,20,24H,3-7,16-18H2,1-2H3,(H,28,31)/t20-/m1/s1. The molecule has 2 amide bonds. The van der Waals surface area contributed by atoms with Crippen molar-refractivity contribution in [1.29, 1.82) is 0 Å². The maximum Gasteiger partial charge on any atom is 0.242 e. The van der Waals surface area contributed by atoms with Gasteiger partial charge in [-0.1, -0.05) is 61.2 Å². The number of amides is 2. The zero-order valence-electron chi connectivity index (χ0n) is 19.0. The quantitative estimate of drug-likeness (QED) is 0.562. The number of thioether (sulfide) groups is 1. The van der Waals surface area contributed by atoms with Crippen molar-refractivity contribution in [3.8, 4) is 0 Å². The highest BCUT2D eigenvalue weighted by molar-refractivity contribution is 7.99. The van der Waals surface area contributed by atoms with Gasteiger partial charge in [-0.2, -0.15) is 0 Å². The summed E-state index contributed by atoms with van der Waals surface area (Å²) in [7, 11) is 0. The molecule has 1 fully saturated rings. The summed E-state index contributed by atoms with van der Waals surface area (Å²) in [5.74, 6) is 0.506. The summed E-state index contributed by atoms with van der Waals surface area (Å²) in [4.78, 5) is 27.7. The minimum absolute atomic E-state index is 0.0854. The SMILES string of the molecule is Cc1ccc(CSCC(=O)N(Cc2ccc(F)cc2)[C@H](C)C(=O)NC2CCCCC2)cc1. The summed E-state index contributed by atoms with van der Waals surface area (Å²) >= 11 is 1.54. The van der Waals surface area contributed by atoms with Crippen molar-refractivity contribution in [2.24, 2.45) is 0 Å². The van der Waals surface area contributed by atoms with Gasteiger partial charge >= 0.3 is 0 Å². The Kier molecular flexibility index (Phi) is 9.15. The van der Waals surface area contributed by atoms with Gasteiger partial charge in [-0.3, -0.25) is 9.59 Å². The number of halogens is 1. The Labute approximate surface area is 195 Å². The maximum absolute atomic E-state index is 13.3. The second-order valence-corrected chi connectivity index (χ2v) is 9.63. The van der Waals surface area contributed by atoms with E-state index in [0.29, 0.717) is 0 Å². The van der Waals surface area contributed by atoms with Crippen molar-refractivity contribution in [3.63, 3.8) is 0 Å². The van der Waals surface area contributed by atoms with Gasteiger partial charge in [0, 0.05) is 18.3 Å². The molecule has 0 radical (unpaired) electrons. The van der Waals surface area contributed by atoms with Crippen molar-refractivity contribution >= 4 is 23.6 Å². The molecule has 2 aromatic carbocycles. The first-order valence-corrected chi connectivity index (χ1v) is 12.6. The van der Waals surface area contributed by atoms with E-state index < -0.39 is 6.04 Å². The van der Waals surface area contributed by atoms with E-state index >= 15 is 0 Å². The minimum Gasteiger partial charge on any atom is -0.352 e. The molecule has 1 atom stereocenters. The van der Waals surface area contributed by atoms with Crippen LogP contribution in [-0.2, 0) is 21.9 Å². The molecule has 2 aromatic rings. The lowest BCUT2D eigenvalue weighted by Crippen LogP contribution is -2.50.